The van der Waals surface area contributed by atoms with Crippen molar-refractivity contribution in [1.29, 1.82) is 0 Å². The van der Waals surface area contributed by atoms with Crippen LogP contribution >= 0.6 is 12.6 Å². The van der Waals surface area contributed by atoms with E-state index in [0.29, 0.717) is 0 Å². The van der Waals surface area contributed by atoms with Gasteiger partial charge in [0.25, 0.3) is 0 Å². The van der Waals surface area contributed by atoms with Crippen LogP contribution in [0.15, 0.2) is 22.8 Å². The van der Waals surface area contributed by atoms with Crippen molar-refractivity contribution in [1.82, 2.24) is 0 Å². The fourth-order valence-electron chi connectivity index (χ4n) is 0.400. The number of furan rings is 1. The molecular weight excluding hydrogens is 152 g/mol. The van der Waals surface area contributed by atoms with Crippen molar-refractivity contribution < 1.29 is 14.3 Å². The minimum Gasteiger partial charge on any atom is -0.475 e. The molecule has 0 radical (unpaired) electrons. The lowest BCUT2D eigenvalue weighted by atomic mass is 10.5. The third kappa shape index (κ3) is 2.59. The molecule has 0 fully saturated rings. The molecule has 10 heavy (non-hydrogen) atoms. The second-order valence-corrected chi connectivity index (χ2v) is 1.28. The molecule has 1 heterocycles. The summed E-state index contributed by atoms with van der Waals surface area (Å²) in [6.07, 6.45) is 3.02. The van der Waals surface area contributed by atoms with Crippen molar-refractivity contribution in [3.63, 3.8) is 0 Å². The van der Waals surface area contributed by atoms with Gasteiger partial charge in [0, 0.05) is 0 Å². The molecule has 0 atom stereocenters. The molecule has 1 N–H and O–H groups in total. The highest BCUT2D eigenvalue weighted by molar-refractivity contribution is 7.79. The zero-order chi connectivity index (χ0) is 7.98. The van der Waals surface area contributed by atoms with Crippen molar-refractivity contribution in [3.8, 4) is 0 Å². The van der Waals surface area contributed by atoms with Crippen molar-refractivity contribution in [2.24, 2.45) is 0 Å². The van der Waals surface area contributed by atoms with Gasteiger partial charge in [0.2, 0.25) is 5.76 Å². The zero-order valence-electron chi connectivity index (χ0n) is 5.44. The first-order valence-electron chi connectivity index (χ1n) is 2.52. The minimum absolute atomic E-state index is 0.0231. The van der Waals surface area contributed by atoms with E-state index in [1.807, 2.05) is 0 Å². The molecule has 0 aliphatic rings. The number of aromatic carboxylic acids is 1. The van der Waals surface area contributed by atoms with Gasteiger partial charge in [0.15, 0.2) is 0 Å². The van der Waals surface area contributed by atoms with Gasteiger partial charge in [-0.1, -0.05) is 0 Å². The highest BCUT2D eigenvalue weighted by Gasteiger charge is 2.01. The Morgan fingerprint density at radius 2 is 2.30 bits per heavy atom. The summed E-state index contributed by atoms with van der Waals surface area (Å²) in [7, 11) is 0. The summed E-state index contributed by atoms with van der Waals surface area (Å²) in [5.74, 6) is -1.06. The molecule has 4 heteroatoms. The predicted molar refractivity (Wildman–Crippen MR) is 40.6 cm³/mol. The van der Waals surface area contributed by atoms with Crippen LogP contribution in [0, 0.1) is 0 Å². The average Bonchev–Trinajstić information content (AvgIpc) is 2.42. The molecule has 0 amide bonds. The van der Waals surface area contributed by atoms with Crippen LogP contribution in [0.2, 0.25) is 0 Å². The van der Waals surface area contributed by atoms with E-state index in [4.69, 9.17) is 5.11 Å². The topological polar surface area (TPSA) is 50.4 Å². The molecule has 56 valence electrons. The average molecular weight is 160 g/mol. The molecule has 0 bridgehead atoms. The molecule has 0 aliphatic heterocycles. The Bertz CT molecular complexity index is 181. The quantitative estimate of drug-likeness (QED) is 0.612. The second kappa shape index (κ2) is 4.93. The van der Waals surface area contributed by atoms with E-state index in [1.54, 1.807) is 6.26 Å². The first-order chi connectivity index (χ1) is 4.80. The molecular formula is C6H8O3S. The standard InChI is InChI=1S/C5H4O3.CH4S/c6-5(7)4-2-1-3-8-4;1-2/h1-3H,(H,6,7);2H,1H3. The van der Waals surface area contributed by atoms with Crippen LogP contribution in [0.4, 0.5) is 0 Å². The van der Waals surface area contributed by atoms with E-state index >= 15 is 0 Å². The molecule has 0 unspecified atom stereocenters. The van der Waals surface area contributed by atoms with Gasteiger partial charge in [-0.2, -0.15) is 12.6 Å². The summed E-state index contributed by atoms with van der Waals surface area (Å²) in [6, 6.07) is 2.92. The van der Waals surface area contributed by atoms with Gasteiger partial charge in [-0.05, 0) is 18.4 Å². The van der Waals surface area contributed by atoms with Crippen molar-refractivity contribution in [2.45, 2.75) is 0 Å². The molecule has 0 spiro atoms. The minimum atomic E-state index is -1.03. The number of carboxylic acid groups (broad SMARTS) is 1. The first kappa shape index (κ1) is 9.10. The Labute approximate surface area is 64.1 Å². The zero-order valence-corrected chi connectivity index (χ0v) is 6.34. The Balaban J connectivity index is 0.000000371. The van der Waals surface area contributed by atoms with Gasteiger partial charge < -0.3 is 9.52 Å². The van der Waals surface area contributed by atoms with Gasteiger partial charge in [-0.25, -0.2) is 4.79 Å². The van der Waals surface area contributed by atoms with E-state index in [-0.39, 0.29) is 5.76 Å². The van der Waals surface area contributed by atoms with E-state index in [0.717, 1.165) is 0 Å². The third-order valence-corrected chi connectivity index (χ3v) is 0.732. The molecule has 3 nitrogen and oxygen atoms in total. The largest absolute Gasteiger partial charge is 0.475 e. The number of thiol groups is 1. The van der Waals surface area contributed by atoms with Crippen LogP contribution in [-0.4, -0.2) is 17.3 Å². The maximum absolute atomic E-state index is 9.97. The highest BCUT2D eigenvalue weighted by atomic mass is 32.1. The van der Waals surface area contributed by atoms with Crippen molar-refractivity contribution in [2.75, 3.05) is 6.26 Å². The highest BCUT2D eigenvalue weighted by Crippen LogP contribution is 1.97. The fraction of sp³-hybridized carbons (Fsp3) is 0.167. The Morgan fingerprint density at radius 1 is 1.70 bits per heavy atom. The van der Waals surface area contributed by atoms with E-state index in [2.05, 4.69) is 17.0 Å². The molecule has 0 aliphatic carbocycles. The fourth-order valence-corrected chi connectivity index (χ4v) is 0.400. The van der Waals surface area contributed by atoms with E-state index in [9.17, 15) is 4.79 Å². The van der Waals surface area contributed by atoms with Crippen LogP contribution in [0.1, 0.15) is 10.6 Å². The number of carboxylic acids is 1. The third-order valence-electron chi connectivity index (χ3n) is 0.732. The van der Waals surface area contributed by atoms with E-state index in [1.165, 1.54) is 18.4 Å². The van der Waals surface area contributed by atoms with Crippen LogP contribution in [-0.2, 0) is 0 Å². The number of hydrogen-bond acceptors (Lipinski definition) is 3. The summed E-state index contributed by atoms with van der Waals surface area (Å²) in [4.78, 5) is 9.97. The summed E-state index contributed by atoms with van der Waals surface area (Å²) >= 11 is 3.53. The monoisotopic (exact) mass is 160 g/mol. The molecule has 1 aromatic heterocycles. The molecule has 1 rings (SSSR count). The Hall–Kier alpha value is -0.900. The number of rotatable bonds is 1. The molecule has 0 saturated carbocycles. The van der Waals surface area contributed by atoms with E-state index < -0.39 is 5.97 Å². The van der Waals surface area contributed by atoms with Crippen LogP contribution < -0.4 is 0 Å². The van der Waals surface area contributed by atoms with Crippen LogP contribution in [0.25, 0.3) is 0 Å². The molecule has 1 aromatic rings. The van der Waals surface area contributed by atoms with Crippen molar-refractivity contribution >= 4 is 18.6 Å². The van der Waals surface area contributed by atoms with Crippen LogP contribution in [0.3, 0.4) is 0 Å². The van der Waals surface area contributed by atoms with Crippen LogP contribution in [0.5, 0.6) is 0 Å². The van der Waals surface area contributed by atoms with Gasteiger partial charge in [-0.15, -0.1) is 0 Å². The number of carbonyl (C=O) groups is 1. The Morgan fingerprint density at radius 3 is 2.50 bits per heavy atom. The van der Waals surface area contributed by atoms with Gasteiger partial charge >= 0.3 is 5.97 Å². The lowest BCUT2D eigenvalue weighted by Gasteiger charge is -1.79. The smallest absolute Gasteiger partial charge is 0.371 e. The lowest BCUT2D eigenvalue weighted by Crippen LogP contribution is -1.90. The Kier molecular flexibility index (Phi) is 4.49. The SMILES string of the molecule is CS.O=C(O)c1ccco1. The predicted octanol–water partition coefficient (Wildman–Crippen LogP) is 1.52. The lowest BCUT2D eigenvalue weighted by molar-refractivity contribution is 0.0662. The summed E-state index contributed by atoms with van der Waals surface area (Å²) in [5, 5.41) is 8.18. The second-order valence-electron chi connectivity index (χ2n) is 1.28. The van der Waals surface area contributed by atoms with Gasteiger partial charge in [0.1, 0.15) is 0 Å². The van der Waals surface area contributed by atoms with Gasteiger partial charge in [0.05, 0.1) is 6.26 Å². The van der Waals surface area contributed by atoms with Crippen molar-refractivity contribution in [3.05, 3.63) is 24.2 Å². The molecule has 0 saturated heterocycles. The maximum Gasteiger partial charge on any atom is 0.371 e. The number of hydrogen-bond donors (Lipinski definition) is 2. The summed E-state index contributed by atoms with van der Waals surface area (Å²) in [6.45, 7) is 0. The summed E-state index contributed by atoms with van der Waals surface area (Å²) < 4.78 is 4.50. The normalized spacial score (nSPS) is 7.80. The molecule has 0 aromatic carbocycles. The van der Waals surface area contributed by atoms with Gasteiger partial charge in [-0.3, -0.25) is 0 Å². The first-order valence-corrected chi connectivity index (χ1v) is 3.41. The summed E-state index contributed by atoms with van der Waals surface area (Å²) in [5.41, 5.74) is 0. The maximum atomic E-state index is 9.97.